The van der Waals surface area contributed by atoms with E-state index in [9.17, 15) is 4.79 Å². The van der Waals surface area contributed by atoms with Gasteiger partial charge in [-0.15, -0.1) is 0 Å². The van der Waals surface area contributed by atoms with E-state index in [4.69, 9.17) is 5.41 Å². The summed E-state index contributed by atoms with van der Waals surface area (Å²) in [5.41, 5.74) is 5.48. The van der Waals surface area contributed by atoms with Crippen molar-refractivity contribution in [1.29, 1.82) is 5.41 Å². The summed E-state index contributed by atoms with van der Waals surface area (Å²) in [6.45, 7) is 10.0. The predicted octanol–water partition coefficient (Wildman–Crippen LogP) is 2.74. The molecule has 1 fully saturated rings. The van der Waals surface area contributed by atoms with Crippen molar-refractivity contribution in [2.75, 3.05) is 38.1 Å². The van der Waals surface area contributed by atoms with Crippen LogP contribution >= 0.6 is 0 Å². The Morgan fingerprint density at radius 2 is 2.03 bits per heavy atom. The number of anilines is 1. The summed E-state index contributed by atoms with van der Waals surface area (Å²) in [6, 6.07) is 6.11. The van der Waals surface area contributed by atoms with Gasteiger partial charge in [0.15, 0.2) is 5.84 Å². The molecule has 2 aliphatic heterocycles. The lowest BCUT2D eigenvalue weighted by Crippen LogP contribution is -2.44. The minimum atomic E-state index is 0.103. The number of likely N-dealkylation sites (N-methyl/N-ethyl adjacent to an activating group) is 1. The third-order valence-corrected chi connectivity index (χ3v) is 5.41. The van der Waals surface area contributed by atoms with Gasteiger partial charge in [-0.1, -0.05) is 6.92 Å². The summed E-state index contributed by atoms with van der Waals surface area (Å²) < 4.78 is 0. The molecular formula is C23H31N7O. The molecule has 0 aromatic heterocycles. The van der Waals surface area contributed by atoms with Crippen LogP contribution in [0.25, 0.3) is 0 Å². The molecule has 1 aromatic carbocycles. The quantitative estimate of drug-likeness (QED) is 0.374. The van der Waals surface area contributed by atoms with Crippen LogP contribution < -0.4 is 15.5 Å². The van der Waals surface area contributed by atoms with E-state index in [0.29, 0.717) is 6.41 Å². The SMILES string of the molecule is CCC1=NC(C)=CN/C1=C\C(=N)/C(=N/c1ccc(N2CCN(C)CC2)cc1C)NC=O. The number of nitrogens with zero attached hydrogens (tertiary/aromatic N) is 4. The number of carbonyl (C=O) groups is 1. The monoisotopic (exact) mass is 421 g/mol. The molecule has 3 N–H and O–H groups in total. The van der Waals surface area contributed by atoms with Crippen LogP contribution in [0.2, 0.25) is 0 Å². The predicted molar refractivity (Wildman–Crippen MR) is 128 cm³/mol. The minimum Gasteiger partial charge on any atom is -0.369 e. The van der Waals surface area contributed by atoms with Crippen molar-refractivity contribution in [2.45, 2.75) is 27.2 Å². The molecule has 31 heavy (non-hydrogen) atoms. The fourth-order valence-electron chi connectivity index (χ4n) is 3.55. The Hall–Kier alpha value is -3.26. The molecule has 8 heteroatoms. The van der Waals surface area contributed by atoms with E-state index in [1.165, 1.54) is 5.69 Å². The van der Waals surface area contributed by atoms with Gasteiger partial charge in [0, 0.05) is 38.1 Å². The van der Waals surface area contributed by atoms with E-state index < -0.39 is 0 Å². The molecule has 1 aromatic rings. The van der Waals surface area contributed by atoms with Gasteiger partial charge in [0.05, 0.1) is 28.5 Å². The number of allylic oxidation sites excluding steroid dienone is 2. The first-order valence-electron chi connectivity index (χ1n) is 10.6. The highest BCUT2D eigenvalue weighted by Crippen LogP contribution is 2.26. The first-order chi connectivity index (χ1) is 14.9. The summed E-state index contributed by atoms with van der Waals surface area (Å²) in [7, 11) is 2.14. The highest BCUT2D eigenvalue weighted by atomic mass is 16.1. The standard InChI is InChI=1S/C23H31N7O/c1-5-20-22(25-14-17(3)27-20)13-19(24)23(26-15-31)28-21-7-6-18(12-16(21)2)30-10-8-29(4)9-11-30/h6-7,12-15,24-25H,5,8-11H2,1-4H3,(H,26,28,31)/b22-13-,24-19?. The van der Waals surface area contributed by atoms with E-state index in [1.54, 1.807) is 12.3 Å². The molecule has 0 bridgehead atoms. The molecule has 2 heterocycles. The first kappa shape index (κ1) is 22.4. The largest absolute Gasteiger partial charge is 0.369 e. The zero-order chi connectivity index (χ0) is 22.4. The zero-order valence-electron chi connectivity index (χ0n) is 18.7. The second kappa shape index (κ2) is 10.2. The van der Waals surface area contributed by atoms with Gasteiger partial charge in [-0.2, -0.15) is 0 Å². The lowest BCUT2D eigenvalue weighted by Gasteiger charge is -2.34. The van der Waals surface area contributed by atoms with Crippen molar-refractivity contribution in [3.8, 4) is 0 Å². The third-order valence-electron chi connectivity index (χ3n) is 5.41. The van der Waals surface area contributed by atoms with Gasteiger partial charge in [0.2, 0.25) is 6.41 Å². The van der Waals surface area contributed by atoms with Gasteiger partial charge >= 0.3 is 0 Å². The van der Waals surface area contributed by atoms with Crippen LogP contribution in [0, 0.1) is 12.3 Å². The molecule has 0 unspecified atom stereocenters. The Morgan fingerprint density at radius 3 is 2.68 bits per heavy atom. The molecule has 0 aliphatic carbocycles. The summed E-state index contributed by atoms with van der Waals surface area (Å²) in [4.78, 5) is 24.9. The molecule has 0 spiro atoms. The second-order valence-corrected chi connectivity index (χ2v) is 7.80. The van der Waals surface area contributed by atoms with Crippen LogP contribution in [-0.2, 0) is 4.79 Å². The zero-order valence-corrected chi connectivity index (χ0v) is 18.7. The molecule has 3 rings (SSSR count). The van der Waals surface area contributed by atoms with Gasteiger partial charge in [-0.25, -0.2) is 4.99 Å². The van der Waals surface area contributed by atoms with E-state index in [-0.39, 0.29) is 11.5 Å². The van der Waals surface area contributed by atoms with E-state index in [0.717, 1.165) is 61.0 Å². The molecule has 0 radical (unpaired) electrons. The smallest absolute Gasteiger partial charge is 0.212 e. The van der Waals surface area contributed by atoms with Crippen molar-refractivity contribution in [3.05, 3.63) is 47.4 Å². The normalized spacial score (nSPS) is 18.9. The van der Waals surface area contributed by atoms with Gasteiger partial charge in [0.25, 0.3) is 0 Å². The van der Waals surface area contributed by atoms with E-state index in [1.807, 2.05) is 26.8 Å². The lowest BCUT2D eigenvalue weighted by molar-refractivity contribution is -0.108. The van der Waals surface area contributed by atoms with Crippen molar-refractivity contribution in [1.82, 2.24) is 15.5 Å². The Kier molecular flexibility index (Phi) is 7.36. The lowest BCUT2D eigenvalue weighted by atomic mass is 10.1. The first-order valence-corrected chi connectivity index (χ1v) is 10.6. The highest BCUT2D eigenvalue weighted by Gasteiger charge is 2.16. The van der Waals surface area contributed by atoms with Gasteiger partial charge in [0.1, 0.15) is 0 Å². The molecule has 2 aliphatic rings. The van der Waals surface area contributed by atoms with Crippen LogP contribution in [0.15, 0.2) is 51.9 Å². The van der Waals surface area contributed by atoms with Gasteiger partial charge in [-0.05, 0) is 57.2 Å². The maximum Gasteiger partial charge on any atom is 0.212 e. The number of carbonyl (C=O) groups excluding carboxylic acids is 1. The average Bonchev–Trinajstić information content (AvgIpc) is 2.76. The number of amides is 1. The number of rotatable bonds is 6. The minimum absolute atomic E-state index is 0.103. The number of aliphatic imine (C=N–C) groups is 2. The van der Waals surface area contributed by atoms with E-state index in [2.05, 4.69) is 49.6 Å². The Bertz CT molecular complexity index is 966. The molecular weight excluding hydrogens is 390 g/mol. The fraction of sp³-hybridized carbons (Fsp3) is 0.391. The van der Waals surface area contributed by atoms with Crippen LogP contribution in [0.5, 0.6) is 0 Å². The summed E-state index contributed by atoms with van der Waals surface area (Å²) in [5, 5.41) is 14.2. The summed E-state index contributed by atoms with van der Waals surface area (Å²) in [5.74, 6) is 0.196. The maximum absolute atomic E-state index is 11.2. The molecule has 164 valence electrons. The van der Waals surface area contributed by atoms with Gasteiger partial charge in [-0.3, -0.25) is 15.2 Å². The maximum atomic E-state index is 11.2. The molecule has 0 saturated carbocycles. The number of amidine groups is 1. The van der Waals surface area contributed by atoms with Gasteiger partial charge < -0.3 is 20.4 Å². The van der Waals surface area contributed by atoms with Crippen molar-refractivity contribution < 1.29 is 4.79 Å². The molecule has 1 saturated heterocycles. The van der Waals surface area contributed by atoms with Crippen LogP contribution in [-0.4, -0.2) is 61.8 Å². The number of nitrogens with one attached hydrogen (secondary N) is 3. The topological polar surface area (TPSA) is 96.2 Å². The highest BCUT2D eigenvalue weighted by molar-refractivity contribution is 6.46. The Labute approximate surface area is 184 Å². The second-order valence-electron chi connectivity index (χ2n) is 7.80. The molecule has 1 amide bonds. The number of aryl methyl sites for hydroxylation is 1. The number of hydrogen-bond donors (Lipinski definition) is 3. The van der Waals surface area contributed by atoms with E-state index >= 15 is 0 Å². The summed E-state index contributed by atoms with van der Waals surface area (Å²) in [6.07, 6.45) is 4.72. The molecule has 8 nitrogen and oxygen atoms in total. The fourth-order valence-corrected chi connectivity index (χ4v) is 3.55. The molecule has 0 atom stereocenters. The van der Waals surface area contributed by atoms with Crippen LogP contribution in [0.1, 0.15) is 25.8 Å². The Morgan fingerprint density at radius 1 is 1.29 bits per heavy atom. The Balaban J connectivity index is 1.83. The number of hydrogen-bond acceptors (Lipinski definition) is 7. The van der Waals surface area contributed by atoms with Crippen LogP contribution in [0.4, 0.5) is 11.4 Å². The number of piperazine rings is 1. The van der Waals surface area contributed by atoms with Crippen molar-refractivity contribution in [3.63, 3.8) is 0 Å². The van der Waals surface area contributed by atoms with Crippen LogP contribution in [0.3, 0.4) is 0 Å². The summed E-state index contributed by atoms with van der Waals surface area (Å²) >= 11 is 0. The third kappa shape index (κ3) is 5.67. The number of benzene rings is 1. The van der Waals surface area contributed by atoms with Crippen molar-refractivity contribution in [2.24, 2.45) is 9.98 Å². The van der Waals surface area contributed by atoms with Crippen molar-refractivity contribution >= 4 is 35.0 Å². The average molecular weight is 422 g/mol.